The van der Waals surface area contributed by atoms with Crippen molar-refractivity contribution in [3.8, 4) is 0 Å². The quantitative estimate of drug-likeness (QED) is 0.683. The molecule has 88 valence electrons. The summed E-state index contributed by atoms with van der Waals surface area (Å²) in [6, 6.07) is 0.772. The first-order valence-corrected chi connectivity index (χ1v) is 5.01. The number of alkyl halides is 2. The van der Waals surface area contributed by atoms with E-state index in [9.17, 15) is 18.4 Å². The van der Waals surface area contributed by atoms with Gasteiger partial charge in [-0.25, -0.2) is 8.78 Å². The average Bonchev–Trinajstić information content (AvgIpc) is 2.22. The number of aromatic amines is 1. The molecule has 0 atom stereocenters. The van der Waals surface area contributed by atoms with Gasteiger partial charge in [0, 0.05) is 11.6 Å². The number of carbonyl (C=O) groups excluding carboxylic acids is 1. The number of halogens is 3. The van der Waals surface area contributed by atoms with Gasteiger partial charge in [0.1, 0.15) is 0 Å². The van der Waals surface area contributed by atoms with Crippen LogP contribution in [0.25, 0.3) is 0 Å². The molecular formula is C9H8BrF2NO3. The van der Waals surface area contributed by atoms with E-state index >= 15 is 0 Å². The highest BCUT2D eigenvalue weighted by atomic mass is 79.9. The third-order valence-electron chi connectivity index (χ3n) is 1.89. The molecule has 0 fully saturated rings. The Morgan fingerprint density at radius 3 is 2.69 bits per heavy atom. The zero-order chi connectivity index (χ0) is 12.3. The minimum absolute atomic E-state index is 0.0660. The van der Waals surface area contributed by atoms with E-state index in [1.54, 1.807) is 0 Å². The predicted octanol–water partition coefficient (Wildman–Crippen LogP) is 1.79. The Morgan fingerprint density at radius 1 is 1.62 bits per heavy atom. The predicted molar refractivity (Wildman–Crippen MR) is 55.4 cm³/mol. The third-order valence-corrected chi connectivity index (χ3v) is 2.56. The maximum atomic E-state index is 12.3. The molecule has 1 rings (SSSR count). The molecule has 7 heteroatoms. The molecule has 1 N–H and O–H groups in total. The number of carbonyl (C=O) groups is 1. The summed E-state index contributed by atoms with van der Waals surface area (Å²) >= 11 is 2.93. The van der Waals surface area contributed by atoms with Crippen LogP contribution in [0.5, 0.6) is 0 Å². The fraction of sp³-hybridized carbons (Fsp3) is 0.333. The van der Waals surface area contributed by atoms with Crippen LogP contribution in [0.3, 0.4) is 0 Å². The van der Waals surface area contributed by atoms with E-state index in [-0.39, 0.29) is 16.6 Å². The lowest BCUT2D eigenvalue weighted by atomic mass is 10.2. The molecule has 1 aromatic heterocycles. The van der Waals surface area contributed by atoms with Gasteiger partial charge in [-0.1, -0.05) is 0 Å². The van der Waals surface area contributed by atoms with E-state index in [0.717, 1.165) is 6.07 Å². The Bertz CT molecular complexity index is 459. The number of hydrogen-bond donors (Lipinski definition) is 1. The van der Waals surface area contributed by atoms with E-state index in [0.29, 0.717) is 0 Å². The molecule has 0 spiro atoms. The molecule has 16 heavy (non-hydrogen) atoms. The van der Waals surface area contributed by atoms with Gasteiger partial charge in [-0.2, -0.15) is 0 Å². The minimum Gasteiger partial charge on any atom is -0.469 e. The van der Waals surface area contributed by atoms with Crippen LogP contribution in [0.4, 0.5) is 8.78 Å². The smallest absolute Gasteiger partial charge is 0.310 e. The summed E-state index contributed by atoms with van der Waals surface area (Å²) in [6.45, 7) is 0. The Hall–Kier alpha value is -1.24. The highest BCUT2D eigenvalue weighted by molar-refractivity contribution is 9.10. The second kappa shape index (κ2) is 5.20. The Balaban J connectivity index is 3.13. The van der Waals surface area contributed by atoms with Crippen molar-refractivity contribution < 1.29 is 18.3 Å². The van der Waals surface area contributed by atoms with Gasteiger partial charge in [0.05, 0.1) is 23.8 Å². The minimum atomic E-state index is -2.77. The van der Waals surface area contributed by atoms with Crippen molar-refractivity contribution in [1.82, 2.24) is 4.98 Å². The molecule has 0 aliphatic carbocycles. The van der Waals surface area contributed by atoms with E-state index in [2.05, 4.69) is 25.7 Å². The fourth-order valence-electron chi connectivity index (χ4n) is 1.07. The number of esters is 1. The Kier molecular flexibility index (Phi) is 4.17. The van der Waals surface area contributed by atoms with Gasteiger partial charge in [0.25, 0.3) is 6.43 Å². The number of H-pyrrole nitrogens is 1. The normalized spacial score (nSPS) is 10.6. The number of methoxy groups -OCH3 is 1. The summed E-state index contributed by atoms with van der Waals surface area (Å²) < 4.78 is 29.1. The van der Waals surface area contributed by atoms with Crippen LogP contribution in [0.2, 0.25) is 0 Å². The van der Waals surface area contributed by atoms with Crippen molar-refractivity contribution >= 4 is 21.9 Å². The van der Waals surface area contributed by atoms with Gasteiger partial charge >= 0.3 is 5.97 Å². The number of aromatic nitrogens is 1. The summed E-state index contributed by atoms with van der Waals surface area (Å²) in [5, 5.41) is 0. The largest absolute Gasteiger partial charge is 0.469 e. The summed E-state index contributed by atoms with van der Waals surface area (Å²) in [6.07, 6.45) is -3.04. The molecule has 0 aliphatic heterocycles. The second-order valence-corrected chi connectivity index (χ2v) is 3.73. The van der Waals surface area contributed by atoms with E-state index < -0.39 is 23.5 Å². The zero-order valence-corrected chi connectivity index (χ0v) is 9.81. The maximum absolute atomic E-state index is 12.3. The number of pyridine rings is 1. The molecule has 0 aliphatic rings. The summed E-state index contributed by atoms with van der Waals surface area (Å²) in [5.41, 5.74) is -1.06. The lowest BCUT2D eigenvalue weighted by molar-refractivity contribution is -0.139. The molecule has 1 aromatic rings. The highest BCUT2D eigenvalue weighted by Gasteiger charge is 2.16. The van der Waals surface area contributed by atoms with Crippen molar-refractivity contribution in [2.75, 3.05) is 7.11 Å². The van der Waals surface area contributed by atoms with Crippen molar-refractivity contribution in [2.24, 2.45) is 0 Å². The molecule has 0 radical (unpaired) electrons. The highest BCUT2D eigenvalue weighted by Crippen LogP contribution is 2.19. The second-order valence-electron chi connectivity index (χ2n) is 2.94. The SMILES string of the molecule is COC(=O)Cc1c(Br)[nH]c(C(F)F)cc1=O. The van der Waals surface area contributed by atoms with Gasteiger partial charge < -0.3 is 9.72 Å². The summed E-state index contributed by atoms with van der Waals surface area (Å²) in [4.78, 5) is 24.7. The van der Waals surface area contributed by atoms with Crippen molar-refractivity contribution in [2.45, 2.75) is 12.8 Å². The van der Waals surface area contributed by atoms with Gasteiger partial charge in [-0.15, -0.1) is 0 Å². The first-order chi connectivity index (χ1) is 7.45. The van der Waals surface area contributed by atoms with Crippen LogP contribution in [0, 0.1) is 0 Å². The third kappa shape index (κ3) is 2.88. The molecule has 4 nitrogen and oxygen atoms in total. The number of nitrogens with one attached hydrogen (secondary N) is 1. The monoisotopic (exact) mass is 295 g/mol. The van der Waals surface area contributed by atoms with Crippen LogP contribution in [-0.4, -0.2) is 18.1 Å². The lowest BCUT2D eigenvalue weighted by Crippen LogP contribution is -2.17. The number of hydrogen-bond acceptors (Lipinski definition) is 3. The molecular weight excluding hydrogens is 288 g/mol. The molecule has 0 aromatic carbocycles. The zero-order valence-electron chi connectivity index (χ0n) is 8.22. The topological polar surface area (TPSA) is 59.2 Å². The molecule has 0 amide bonds. The van der Waals surface area contributed by atoms with Crippen LogP contribution in [-0.2, 0) is 16.0 Å². The summed E-state index contributed by atoms with van der Waals surface area (Å²) in [7, 11) is 1.18. The van der Waals surface area contributed by atoms with Crippen molar-refractivity contribution in [3.63, 3.8) is 0 Å². The van der Waals surface area contributed by atoms with Crippen molar-refractivity contribution in [1.29, 1.82) is 0 Å². The van der Waals surface area contributed by atoms with Gasteiger partial charge in [-0.05, 0) is 15.9 Å². The van der Waals surface area contributed by atoms with Crippen LogP contribution in [0.15, 0.2) is 15.5 Å². The van der Waals surface area contributed by atoms with Gasteiger partial charge in [0.15, 0.2) is 5.43 Å². The van der Waals surface area contributed by atoms with E-state index in [1.807, 2.05) is 0 Å². The van der Waals surface area contributed by atoms with Gasteiger partial charge in [-0.3, -0.25) is 9.59 Å². The molecule has 0 saturated heterocycles. The summed E-state index contributed by atoms with van der Waals surface area (Å²) in [5.74, 6) is -0.615. The molecule has 0 bridgehead atoms. The van der Waals surface area contributed by atoms with E-state index in [1.165, 1.54) is 7.11 Å². The van der Waals surface area contributed by atoms with Crippen LogP contribution >= 0.6 is 15.9 Å². The molecule has 1 heterocycles. The number of rotatable bonds is 3. The molecule has 0 saturated carbocycles. The van der Waals surface area contributed by atoms with Crippen LogP contribution < -0.4 is 5.43 Å². The fourth-order valence-corrected chi connectivity index (χ4v) is 1.64. The van der Waals surface area contributed by atoms with Crippen molar-refractivity contribution in [3.05, 3.63) is 32.2 Å². The average molecular weight is 296 g/mol. The number of ether oxygens (including phenoxy) is 1. The van der Waals surface area contributed by atoms with Gasteiger partial charge in [0.2, 0.25) is 0 Å². The maximum Gasteiger partial charge on any atom is 0.310 e. The Labute approximate surface area is 97.7 Å². The van der Waals surface area contributed by atoms with E-state index in [4.69, 9.17) is 0 Å². The Morgan fingerprint density at radius 2 is 2.25 bits per heavy atom. The lowest BCUT2D eigenvalue weighted by Gasteiger charge is -2.05. The standard InChI is InChI=1S/C9H8BrF2NO3/c1-16-7(15)2-4-6(14)3-5(9(11)12)13-8(4)10/h3,9H,2H2,1H3,(H,13,14). The van der Waals surface area contributed by atoms with Crippen LogP contribution in [0.1, 0.15) is 17.7 Å². The first-order valence-electron chi connectivity index (χ1n) is 4.22. The first kappa shape index (κ1) is 12.8. The molecule has 0 unspecified atom stereocenters.